The summed E-state index contributed by atoms with van der Waals surface area (Å²) in [5.74, 6) is -0.186. The molecule has 0 aliphatic heterocycles. The second kappa shape index (κ2) is 7.35. The molecule has 0 aliphatic rings. The molecule has 2 aromatic rings. The van der Waals surface area contributed by atoms with Crippen LogP contribution in [-0.4, -0.2) is 16.3 Å². The van der Waals surface area contributed by atoms with Crippen molar-refractivity contribution >= 4 is 22.6 Å². The maximum absolute atomic E-state index is 13.3. The molecule has 1 aromatic heterocycles. The first kappa shape index (κ1) is 16.4. The molecule has 0 spiro atoms. The first-order valence-electron chi connectivity index (χ1n) is 7.19. The molecule has 0 amide bonds. The predicted molar refractivity (Wildman–Crippen MR) is 91.8 cm³/mol. The number of halogens is 2. The van der Waals surface area contributed by atoms with Crippen LogP contribution in [0.2, 0.25) is 0 Å². The summed E-state index contributed by atoms with van der Waals surface area (Å²) < 4.78 is 16.2. The quantitative estimate of drug-likeness (QED) is 0.748. The maximum Gasteiger partial charge on any atom is 0.124 e. The summed E-state index contributed by atoms with van der Waals surface area (Å²) in [4.78, 5) is 0. The van der Waals surface area contributed by atoms with Crippen molar-refractivity contribution in [1.29, 1.82) is 0 Å². The minimum absolute atomic E-state index is 0.173. The van der Waals surface area contributed by atoms with E-state index in [4.69, 9.17) is 0 Å². The fourth-order valence-corrected chi connectivity index (χ4v) is 3.31. The Morgan fingerprint density at radius 2 is 2.14 bits per heavy atom. The van der Waals surface area contributed by atoms with Crippen molar-refractivity contribution in [2.45, 2.75) is 32.7 Å². The molecule has 0 saturated carbocycles. The first-order valence-corrected chi connectivity index (χ1v) is 8.27. The molecule has 1 heterocycles. The van der Waals surface area contributed by atoms with Crippen molar-refractivity contribution in [2.75, 3.05) is 6.54 Å². The monoisotopic (exact) mass is 401 g/mol. The molecule has 0 fully saturated rings. The summed E-state index contributed by atoms with van der Waals surface area (Å²) in [5.41, 5.74) is 3.35. The van der Waals surface area contributed by atoms with Crippen LogP contribution >= 0.6 is 22.6 Å². The smallest absolute Gasteiger partial charge is 0.124 e. The second-order valence-corrected chi connectivity index (χ2v) is 6.44. The van der Waals surface area contributed by atoms with Gasteiger partial charge >= 0.3 is 0 Å². The molecule has 3 nitrogen and oxygen atoms in total. The minimum Gasteiger partial charge on any atom is -0.310 e. The standard InChI is InChI=1S/C16H21FIN3/c1-4-7-19-16(10-13-8-11(2)20-21(13)3)14-6-5-12(17)9-15(14)18/h5-6,8-9,16,19H,4,7,10H2,1-3H3. The fraction of sp³-hybridized carbons (Fsp3) is 0.438. The average Bonchev–Trinajstić information content (AvgIpc) is 2.73. The van der Waals surface area contributed by atoms with Crippen LogP contribution in [0.25, 0.3) is 0 Å². The summed E-state index contributed by atoms with van der Waals surface area (Å²) in [5, 5.41) is 7.96. The molecular weight excluding hydrogens is 380 g/mol. The topological polar surface area (TPSA) is 29.9 Å². The molecule has 0 radical (unpaired) electrons. The lowest BCUT2D eigenvalue weighted by Crippen LogP contribution is -2.25. The number of nitrogens with one attached hydrogen (secondary N) is 1. The van der Waals surface area contributed by atoms with E-state index in [1.807, 2.05) is 24.7 Å². The molecule has 2 rings (SSSR count). The number of aryl methyl sites for hydroxylation is 2. The van der Waals surface area contributed by atoms with Crippen LogP contribution in [-0.2, 0) is 13.5 Å². The van der Waals surface area contributed by atoms with Crippen molar-refractivity contribution in [1.82, 2.24) is 15.1 Å². The van der Waals surface area contributed by atoms with E-state index in [1.54, 1.807) is 6.07 Å². The van der Waals surface area contributed by atoms with Gasteiger partial charge in [-0.05, 0) is 66.2 Å². The van der Waals surface area contributed by atoms with Gasteiger partial charge in [0.15, 0.2) is 0 Å². The number of hydrogen-bond donors (Lipinski definition) is 1. The lowest BCUT2D eigenvalue weighted by molar-refractivity contribution is 0.509. The van der Waals surface area contributed by atoms with Gasteiger partial charge in [0.25, 0.3) is 0 Å². The van der Waals surface area contributed by atoms with Gasteiger partial charge in [-0.2, -0.15) is 5.10 Å². The van der Waals surface area contributed by atoms with Crippen molar-refractivity contribution in [3.8, 4) is 0 Å². The van der Waals surface area contributed by atoms with Crippen molar-refractivity contribution in [2.24, 2.45) is 7.05 Å². The fourth-order valence-electron chi connectivity index (χ4n) is 2.46. The Morgan fingerprint density at radius 3 is 2.71 bits per heavy atom. The number of aromatic nitrogens is 2. The van der Waals surface area contributed by atoms with Crippen LogP contribution in [0, 0.1) is 16.3 Å². The summed E-state index contributed by atoms with van der Waals surface area (Å²) in [6.07, 6.45) is 1.91. The van der Waals surface area contributed by atoms with E-state index in [0.717, 1.165) is 34.2 Å². The summed E-state index contributed by atoms with van der Waals surface area (Å²) in [6, 6.07) is 7.29. The van der Waals surface area contributed by atoms with E-state index in [1.165, 1.54) is 11.8 Å². The van der Waals surface area contributed by atoms with E-state index in [9.17, 15) is 4.39 Å². The van der Waals surface area contributed by atoms with Gasteiger partial charge in [0.2, 0.25) is 0 Å². The van der Waals surface area contributed by atoms with Gasteiger partial charge in [-0.25, -0.2) is 4.39 Å². The van der Waals surface area contributed by atoms with E-state index in [0.29, 0.717) is 0 Å². The van der Waals surface area contributed by atoms with E-state index in [-0.39, 0.29) is 11.9 Å². The Bertz CT molecular complexity index is 610. The predicted octanol–water partition coefficient (Wildman–Crippen LogP) is 3.76. The summed E-state index contributed by atoms with van der Waals surface area (Å²) in [7, 11) is 1.97. The van der Waals surface area contributed by atoms with E-state index in [2.05, 4.69) is 46.0 Å². The molecule has 1 aromatic carbocycles. The highest BCUT2D eigenvalue weighted by atomic mass is 127. The van der Waals surface area contributed by atoms with Crippen LogP contribution in [0.3, 0.4) is 0 Å². The second-order valence-electron chi connectivity index (χ2n) is 5.28. The average molecular weight is 401 g/mol. The van der Waals surface area contributed by atoms with Gasteiger partial charge in [-0.1, -0.05) is 13.0 Å². The molecule has 1 atom stereocenters. The zero-order valence-electron chi connectivity index (χ0n) is 12.7. The first-order chi connectivity index (χ1) is 10.0. The lowest BCUT2D eigenvalue weighted by Gasteiger charge is -2.20. The Hall–Kier alpha value is -0.950. The van der Waals surface area contributed by atoms with E-state index < -0.39 is 0 Å². The third kappa shape index (κ3) is 4.26. The summed E-state index contributed by atoms with van der Waals surface area (Å²) >= 11 is 2.21. The molecule has 21 heavy (non-hydrogen) atoms. The Kier molecular flexibility index (Phi) is 5.75. The zero-order chi connectivity index (χ0) is 15.4. The Morgan fingerprint density at radius 1 is 1.38 bits per heavy atom. The largest absolute Gasteiger partial charge is 0.310 e. The molecule has 5 heteroatoms. The van der Waals surface area contributed by atoms with Gasteiger partial charge in [0.05, 0.1) is 5.69 Å². The molecule has 0 saturated heterocycles. The van der Waals surface area contributed by atoms with E-state index >= 15 is 0 Å². The van der Waals surface area contributed by atoms with Gasteiger partial charge in [-0.3, -0.25) is 4.68 Å². The normalized spacial score (nSPS) is 12.6. The SMILES string of the molecule is CCCNC(Cc1cc(C)nn1C)c1ccc(F)cc1I. The highest BCUT2D eigenvalue weighted by molar-refractivity contribution is 14.1. The van der Waals surface area contributed by atoms with Crippen LogP contribution in [0.15, 0.2) is 24.3 Å². The molecule has 114 valence electrons. The number of hydrogen-bond acceptors (Lipinski definition) is 2. The van der Waals surface area contributed by atoms with Crippen LogP contribution in [0.4, 0.5) is 4.39 Å². The number of benzene rings is 1. The maximum atomic E-state index is 13.3. The van der Waals surface area contributed by atoms with Gasteiger partial charge < -0.3 is 5.32 Å². The molecule has 1 N–H and O–H groups in total. The number of nitrogens with zero attached hydrogens (tertiary/aromatic N) is 2. The molecule has 1 unspecified atom stereocenters. The van der Waals surface area contributed by atoms with Gasteiger partial charge in [0, 0.05) is 28.8 Å². The van der Waals surface area contributed by atoms with Crippen molar-refractivity contribution < 1.29 is 4.39 Å². The molecule has 0 aliphatic carbocycles. The van der Waals surface area contributed by atoms with Gasteiger partial charge in [-0.15, -0.1) is 0 Å². The Balaban J connectivity index is 2.27. The van der Waals surface area contributed by atoms with Crippen molar-refractivity contribution in [3.05, 3.63) is 50.6 Å². The Labute approximate surface area is 139 Å². The third-order valence-corrected chi connectivity index (χ3v) is 4.43. The van der Waals surface area contributed by atoms with Crippen LogP contribution < -0.4 is 5.32 Å². The highest BCUT2D eigenvalue weighted by Crippen LogP contribution is 2.24. The molecular formula is C16H21FIN3. The minimum atomic E-state index is -0.186. The third-order valence-electron chi connectivity index (χ3n) is 3.49. The zero-order valence-corrected chi connectivity index (χ0v) is 14.8. The molecule has 0 bridgehead atoms. The van der Waals surface area contributed by atoms with Crippen LogP contribution in [0.1, 0.15) is 36.3 Å². The van der Waals surface area contributed by atoms with Crippen molar-refractivity contribution in [3.63, 3.8) is 0 Å². The van der Waals surface area contributed by atoms with Crippen LogP contribution in [0.5, 0.6) is 0 Å². The number of rotatable bonds is 6. The highest BCUT2D eigenvalue weighted by Gasteiger charge is 2.17. The summed E-state index contributed by atoms with van der Waals surface area (Å²) in [6.45, 7) is 5.09. The van der Waals surface area contributed by atoms with Gasteiger partial charge in [0.1, 0.15) is 5.82 Å². The lowest BCUT2D eigenvalue weighted by atomic mass is 10.0.